The Kier molecular flexibility index (Phi) is 7.89. The van der Waals surface area contributed by atoms with Crippen molar-refractivity contribution in [3.63, 3.8) is 0 Å². The lowest BCUT2D eigenvalue weighted by Crippen LogP contribution is -1.94. The molecular formula is C49H31N3. The molecule has 0 N–H and O–H groups in total. The minimum atomic E-state index is 0.640. The van der Waals surface area contributed by atoms with Crippen molar-refractivity contribution < 1.29 is 0 Å². The van der Waals surface area contributed by atoms with Gasteiger partial charge in [-0.15, -0.1) is 0 Å². The van der Waals surface area contributed by atoms with E-state index in [2.05, 4.69) is 152 Å². The van der Waals surface area contributed by atoms with Crippen LogP contribution in [0.4, 0.5) is 0 Å². The Morgan fingerprint density at radius 1 is 0.346 bits per heavy atom. The maximum absolute atomic E-state index is 9.39. The Bertz CT molecular complexity index is 2780. The maximum atomic E-state index is 9.39. The predicted molar refractivity (Wildman–Crippen MR) is 214 cm³/mol. The lowest BCUT2D eigenvalue weighted by molar-refractivity contribution is 1.37. The average molecular weight is 662 g/mol. The zero-order chi connectivity index (χ0) is 34.9. The molecule has 3 nitrogen and oxygen atoms in total. The van der Waals surface area contributed by atoms with Crippen molar-refractivity contribution in [3.8, 4) is 72.8 Å². The fourth-order valence-electron chi connectivity index (χ4n) is 7.23. The lowest BCUT2D eigenvalue weighted by atomic mass is 9.90. The van der Waals surface area contributed by atoms with Crippen LogP contribution >= 0.6 is 0 Å². The Labute approximate surface area is 302 Å². The maximum Gasteiger partial charge on any atom is 0.0991 e. The van der Waals surface area contributed by atoms with Gasteiger partial charge in [0.2, 0.25) is 0 Å². The second-order valence-corrected chi connectivity index (χ2v) is 12.9. The molecule has 0 aliphatic heterocycles. The van der Waals surface area contributed by atoms with Gasteiger partial charge in [-0.2, -0.15) is 5.26 Å². The third kappa shape index (κ3) is 5.69. The minimum absolute atomic E-state index is 0.640. The molecule has 2 heterocycles. The van der Waals surface area contributed by atoms with Gasteiger partial charge in [-0.05, 0) is 104 Å². The highest BCUT2D eigenvalue weighted by Gasteiger charge is 2.17. The molecule has 9 rings (SSSR count). The number of fused-ring (bicyclic) bond motifs is 3. The van der Waals surface area contributed by atoms with E-state index in [1.54, 1.807) is 0 Å². The zero-order valence-corrected chi connectivity index (χ0v) is 28.2. The largest absolute Gasteiger partial charge is 0.254 e. The minimum Gasteiger partial charge on any atom is -0.254 e. The SMILES string of the molecule is N#Cc1ccc(-c2ccccc2-c2cnc3c(c2)c(-c2cccc(-c4ccccc4)c2)cc2c(-c4cccc(-c5ccccc5)c4)ccnc23)cc1. The molecule has 0 spiro atoms. The molecule has 0 aliphatic rings. The van der Waals surface area contributed by atoms with Crippen LogP contribution in [-0.4, -0.2) is 9.97 Å². The van der Waals surface area contributed by atoms with Crippen LogP contribution in [-0.2, 0) is 0 Å². The summed E-state index contributed by atoms with van der Waals surface area (Å²) in [4.78, 5) is 10.2. The monoisotopic (exact) mass is 661 g/mol. The van der Waals surface area contributed by atoms with E-state index in [-0.39, 0.29) is 0 Å². The molecule has 0 amide bonds. The van der Waals surface area contributed by atoms with Crippen LogP contribution in [0.5, 0.6) is 0 Å². The summed E-state index contributed by atoms with van der Waals surface area (Å²) >= 11 is 0. The molecule has 3 heteroatoms. The first-order chi connectivity index (χ1) is 25.7. The van der Waals surface area contributed by atoms with Crippen molar-refractivity contribution in [2.24, 2.45) is 0 Å². The summed E-state index contributed by atoms with van der Waals surface area (Å²) in [6.45, 7) is 0. The third-order valence-corrected chi connectivity index (χ3v) is 9.81. The molecular weight excluding hydrogens is 631 g/mol. The molecule has 0 saturated heterocycles. The van der Waals surface area contributed by atoms with Crippen LogP contribution in [0.1, 0.15) is 5.56 Å². The van der Waals surface area contributed by atoms with E-state index in [1.807, 2.05) is 42.7 Å². The predicted octanol–water partition coefficient (Wildman–Crippen LogP) is 12.7. The van der Waals surface area contributed by atoms with Crippen LogP contribution < -0.4 is 0 Å². The summed E-state index contributed by atoms with van der Waals surface area (Å²) in [7, 11) is 0. The average Bonchev–Trinajstić information content (AvgIpc) is 3.23. The van der Waals surface area contributed by atoms with E-state index in [4.69, 9.17) is 9.97 Å². The second-order valence-electron chi connectivity index (χ2n) is 12.9. The summed E-state index contributed by atoms with van der Waals surface area (Å²) < 4.78 is 0. The van der Waals surface area contributed by atoms with Gasteiger partial charge < -0.3 is 0 Å². The van der Waals surface area contributed by atoms with Gasteiger partial charge in [0.1, 0.15) is 0 Å². The number of aromatic nitrogens is 2. The summed E-state index contributed by atoms with van der Waals surface area (Å²) in [5, 5.41) is 11.5. The molecule has 0 radical (unpaired) electrons. The highest BCUT2D eigenvalue weighted by molar-refractivity contribution is 6.15. The van der Waals surface area contributed by atoms with E-state index < -0.39 is 0 Å². The highest BCUT2D eigenvalue weighted by Crippen LogP contribution is 2.41. The van der Waals surface area contributed by atoms with Crippen molar-refractivity contribution in [3.05, 3.63) is 194 Å². The van der Waals surface area contributed by atoms with Crippen LogP contribution in [0.3, 0.4) is 0 Å². The number of nitrogens with zero attached hydrogens (tertiary/aromatic N) is 3. The Hall–Kier alpha value is -7.15. The second kappa shape index (κ2) is 13.3. The molecule has 2 aromatic heterocycles. The molecule has 9 aromatic rings. The molecule has 52 heavy (non-hydrogen) atoms. The van der Waals surface area contributed by atoms with E-state index in [0.717, 1.165) is 71.9 Å². The van der Waals surface area contributed by atoms with Gasteiger partial charge in [-0.1, -0.05) is 133 Å². The van der Waals surface area contributed by atoms with Gasteiger partial charge in [-0.3, -0.25) is 9.97 Å². The quantitative estimate of drug-likeness (QED) is 0.167. The van der Waals surface area contributed by atoms with Crippen LogP contribution in [0, 0.1) is 11.3 Å². The first-order valence-electron chi connectivity index (χ1n) is 17.4. The Balaban J connectivity index is 1.28. The number of nitriles is 1. The van der Waals surface area contributed by atoms with Crippen molar-refractivity contribution in [1.82, 2.24) is 9.97 Å². The summed E-state index contributed by atoms with van der Waals surface area (Å²) in [5.41, 5.74) is 15.7. The van der Waals surface area contributed by atoms with Crippen molar-refractivity contribution in [1.29, 1.82) is 5.26 Å². The lowest BCUT2D eigenvalue weighted by Gasteiger charge is -2.16. The fraction of sp³-hybridized carbons (Fsp3) is 0. The van der Waals surface area contributed by atoms with Crippen molar-refractivity contribution in [2.75, 3.05) is 0 Å². The van der Waals surface area contributed by atoms with E-state index in [9.17, 15) is 5.26 Å². The molecule has 0 fully saturated rings. The van der Waals surface area contributed by atoms with Crippen LogP contribution in [0.2, 0.25) is 0 Å². The van der Waals surface area contributed by atoms with Gasteiger partial charge in [-0.25, -0.2) is 0 Å². The van der Waals surface area contributed by atoms with Crippen molar-refractivity contribution >= 4 is 21.8 Å². The van der Waals surface area contributed by atoms with Crippen LogP contribution in [0.15, 0.2) is 188 Å². The fourth-order valence-corrected chi connectivity index (χ4v) is 7.23. The number of rotatable bonds is 6. The standard InChI is InChI=1S/C49H31N3/c50-31-33-21-23-36(24-22-33)42-19-7-8-20-43(42)41-29-46-45(40-18-10-16-38(28-40)35-13-5-2-6-14-35)30-47-44(25-26-51-48(47)49(46)52-32-41)39-17-9-15-37(27-39)34-11-3-1-4-12-34/h1-30,32H. The van der Waals surface area contributed by atoms with Crippen molar-refractivity contribution in [2.45, 2.75) is 0 Å². The number of hydrogen-bond donors (Lipinski definition) is 0. The number of benzene rings is 7. The van der Waals surface area contributed by atoms with Gasteiger partial charge in [0.15, 0.2) is 0 Å². The Morgan fingerprint density at radius 3 is 1.50 bits per heavy atom. The van der Waals surface area contributed by atoms with Gasteiger partial charge in [0.05, 0.1) is 22.7 Å². The molecule has 0 unspecified atom stereocenters. The highest BCUT2D eigenvalue weighted by atomic mass is 14.7. The normalized spacial score (nSPS) is 11.1. The van der Waals surface area contributed by atoms with Gasteiger partial charge in [0, 0.05) is 28.7 Å². The molecule has 242 valence electrons. The van der Waals surface area contributed by atoms with E-state index in [1.165, 1.54) is 16.7 Å². The molecule has 0 atom stereocenters. The zero-order valence-electron chi connectivity index (χ0n) is 28.2. The molecule has 0 aliphatic carbocycles. The molecule has 7 aromatic carbocycles. The summed E-state index contributed by atoms with van der Waals surface area (Å²) in [5.74, 6) is 0. The molecule has 0 bridgehead atoms. The first kappa shape index (κ1) is 30.9. The number of hydrogen-bond acceptors (Lipinski definition) is 3. The topological polar surface area (TPSA) is 49.6 Å². The molecule has 0 saturated carbocycles. The number of pyridine rings is 2. The van der Waals surface area contributed by atoms with Gasteiger partial charge >= 0.3 is 0 Å². The van der Waals surface area contributed by atoms with Gasteiger partial charge in [0.25, 0.3) is 0 Å². The summed E-state index contributed by atoms with van der Waals surface area (Å²) in [6.07, 6.45) is 3.87. The van der Waals surface area contributed by atoms with Crippen LogP contribution in [0.25, 0.3) is 88.6 Å². The third-order valence-electron chi connectivity index (χ3n) is 9.81. The summed E-state index contributed by atoms with van der Waals surface area (Å²) in [6, 6.07) is 63.6. The Morgan fingerprint density at radius 2 is 0.865 bits per heavy atom. The smallest absolute Gasteiger partial charge is 0.0991 e. The van der Waals surface area contributed by atoms with E-state index >= 15 is 0 Å². The first-order valence-corrected chi connectivity index (χ1v) is 17.4. The van der Waals surface area contributed by atoms with E-state index in [0.29, 0.717) is 5.56 Å².